The Hall–Kier alpha value is -1.35. The Morgan fingerprint density at radius 3 is 2.50 bits per heavy atom. The Kier molecular flexibility index (Phi) is 6.44. The van der Waals surface area contributed by atoms with Crippen molar-refractivity contribution in [2.45, 2.75) is 33.2 Å². The van der Waals surface area contributed by atoms with E-state index in [0.29, 0.717) is 12.5 Å². The van der Waals surface area contributed by atoms with Crippen LogP contribution < -0.4 is 5.32 Å². The molecule has 0 heterocycles. The lowest BCUT2D eigenvalue weighted by atomic mass is 9.97. The van der Waals surface area contributed by atoms with Crippen molar-refractivity contribution in [3.8, 4) is 0 Å². The number of nitrogens with one attached hydrogen (secondary N) is 1. The Morgan fingerprint density at radius 2 is 1.94 bits per heavy atom. The normalized spacial score (nSPS) is 12.4. The van der Waals surface area contributed by atoms with Gasteiger partial charge in [-0.05, 0) is 24.8 Å². The number of carbonyl (C=O) groups is 1. The number of carbonyl (C=O) groups excluding carboxylic acids is 1. The van der Waals surface area contributed by atoms with E-state index >= 15 is 0 Å². The lowest BCUT2D eigenvalue weighted by molar-refractivity contribution is -0.142. The maximum Gasteiger partial charge on any atom is 0.319 e. The van der Waals surface area contributed by atoms with Crippen LogP contribution in [0.4, 0.5) is 0 Å². The number of ether oxygens (including phenoxy) is 1. The van der Waals surface area contributed by atoms with Crippen molar-refractivity contribution < 1.29 is 9.53 Å². The van der Waals surface area contributed by atoms with E-state index in [1.165, 1.54) is 5.56 Å². The molecule has 1 N–H and O–H groups in total. The summed E-state index contributed by atoms with van der Waals surface area (Å²) in [4.78, 5) is 11.4. The van der Waals surface area contributed by atoms with Crippen molar-refractivity contribution in [3.05, 3.63) is 35.9 Å². The zero-order valence-corrected chi connectivity index (χ0v) is 11.5. The topological polar surface area (TPSA) is 38.3 Å². The molecule has 1 aromatic carbocycles. The molecule has 18 heavy (non-hydrogen) atoms. The van der Waals surface area contributed by atoms with Gasteiger partial charge in [0.2, 0.25) is 0 Å². The lowest BCUT2D eigenvalue weighted by Gasteiger charge is -2.20. The zero-order valence-electron chi connectivity index (χ0n) is 11.5. The van der Waals surface area contributed by atoms with Crippen LogP contribution in [0.3, 0.4) is 0 Å². The highest BCUT2D eigenvalue weighted by atomic mass is 16.5. The van der Waals surface area contributed by atoms with Crippen molar-refractivity contribution >= 4 is 5.97 Å². The van der Waals surface area contributed by atoms with Crippen LogP contribution in [-0.2, 0) is 9.53 Å². The highest BCUT2D eigenvalue weighted by Crippen LogP contribution is 2.20. The number of hydrogen-bond donors (Lipinski definition) is 1. The number of rotatable bonds is 7. The fraction of sp³-hybridized carbons (Fsp3) is 0.533. The van der Waals surface area contributed by atoms with Crippen molar-refractivity contribution in [3.63, 3.8) is 0 Å². The molecule has 0 aliphatic heterocycles. The van der Waals surface area contributed by atoms with E-state index in [2.05, 4.69) is 31.3 Å². The van der Waals surface area contributed by atoms with E-state index in [-0.39, 0.29) is 18.6 Å². The van der Waals surface area contributed by atoms with Gasteiger partial charge in [0.15, 0.2) is 0 Å². The molecule has 0 aromatic heterocycles. The zero-order chi connectivity index (χ0) is 13.4. The number of benzene rings is 1. The Labute approximate surface area is 110 Å². The van der Waals surface area contributed by atoms with Gasteiger partial charge in [-0.25, -0.2) is 0 Å². The third-order valence-electron chi connectivity index (χ3n) is 2.71. The van der Waals surface area contributed by atoms with Gasteiger partial charge in [-0.3, -0.25) is 4.79 Å². The second-order valence-electron chi connectivity index (χ2n) is 4.78. The molecule has 1 unspecified atom stereocenters. The van der Waals surface area contributed by atoms with E-state index in [1.807, 2.05) is 25.1 Å². The molecule has 0 fully saturated rings. The highest BCUT2D eigenvalue weighted by Gasteiger charge is 2.14. The molecule has 0 spiro atoms. The molecule has 0 saturated carbocycles. The van der Waals surface area contributed by atoms with Crippen molar-refractivity contribution in [1.82, 2.24) is 5.32 Å². The monoisotopic (exact) mass is 249 g/mol. The molecular weight excluding hydrogens is 226 g/mol. The van der Waals surface area contributed by atoms with Gasteiger partial charge < -0.3 is 10.1 Å². The van der Waals surface area contributed by atoms with Crippen LogP contribution in [0.15, 0.2) is 30.3 Å². The summed E-state index contributed by atoms with van der Waals surface area (Å²) in [6.07, 6.45) is 1.00. The third kappa shape index (κ3) is 5.32. The summed E-state index contributed by atoms with van der Waals surface area (Å²) in [6.45, 7) is 6.88. The molecule has 0 saturated heterocycles. The molecule has 0 amide bonds. The van der Waals surface area contributed by atoms with Crippen molar-refractivity contribution in [2.24, 2.45) is 5.92 Å². The van der Waals surface area contributed by atoms with E-state index in [1.54, 1.807) is 0 Å². The van der Waals surface area contributed by atoms with Crippen LogP contribution in [0.1, 0.15) is 38.8 Å². The van der Waals surface area contributed by atoms with E-state index in [9.17, 15) is 4.79 Å². The van der Waals surface area contributed by atoms with Gasteiger partial charge in [0.25, 0.3) is 0 Å². The molecule has 3 nitrogen and oxygen atoms in total. The molecule has 100 valence electrons. The molecule has 1 rings (SSSR count). The van der Waals surface area contributed by atoms with Crippen LogP contribution in [-0.4, -0.2) is 19.1 Å². The maximum absolute atomic E-state index is 11.4. The molecule has 1 atom stereocenters. The first-order valence-corrected chi connectivity index (χ1v) is 6.57. The fourth-order valence-electron chi connectivity index (χ4n) is 1.91. The Morgan fingerprint density at radius 1 is 1.28 bits per heavy atom. The molecule has 3 heteroatoms. The van der Waals surface area contributed by atoms with Crippen molar-refractivity contribution in [1.29, 1.82) is 0 Å². The average Bonchev–Trinajstić information content (AvgIpc) is 2.35. The minimum atomic E-state index is -0.192. The maximum atomic E-state index is 11.4. The summed E-state index contributed by atoms with van der Waals surface area (Å²) < 4.78 is 4.93. The predicted molar refractivity (Wildman–Crippen MR) is 73.3 cm³/mol. The van der Waals surface area contributed by atoms with Gasteiger partial charge >= 0.3 is 5.97 Å². The standard InChI is InChI=1S/C15H23NO2/c1-4-18-15(17)11-16-14(10-12(2)3)13-8-6-5-7-9-13/h5-9,12,14,16H,4,10-11H2,1-3H3. The summed E-state index contributed by atoms with van der Waals surface area (Å²) in [5.41, 5.74) is 1.22. The molecule has 1 aromatic rings. The molecule has 0 aliphatic rings. The van der Waals surface area contributed by atoms with Gasteiger partial charge in [0.1, 0.15) is 0 Å². The van der Waals surface area contributed by atoms with Gasteiger partial charge in [-0.1, -0.05) is 44.2 Å². The lowest BCUT2D eigenvalue weighted by Crippen LogP contribution is -2.29. The van der Waals surface area contributed by atoms with E-state index in [0.717, 1.165) is 6.42 Å². The molecular formula is C15H23NO2. The number of esters is 1. The van der Waals surface area contributed by atoms with E-state index in [4.69, 9.17) is 4.74 Å². The highest BCUT2D eigenvalue weighted by molar-refractivity contribution is 5.71. The SMILES string of the molecule is CCOC(=O)CNC(CC(C)C)c1ccccc1. The average molecular weight is 249 g/mol. The van der Waals surface area contributed by atoms with Crippen LogP contribution in [0.5, 0.6) is 0 Å². The quantitative estimate of drug-likeness (QED) is 0.755. The van der Waals surface area contributed by atoms with Gasteiger partial charge in [-0.15, -0.1) is 0 Å². The van der Waals surface area contributed by atoms with Crippen LogP contribution in [0, 0.1) is 5.92 Å². The second-order valence-corrected chi connectivity index (χ2v) is 4.78. The van der Waals surface area contributed by atoms with Crippen LogP contribution >= 0.6 is 0 Å². The molecule has 0 bridgehead atoms. The van der Waals surface area contributed by atoms with Gasteiger partial charge in [0.05, 0.1) is 13.2 Å². The first kappa shape index (κ1) is 14.7. The third-order valence-corrected chi connectivity index (χ3v) is 2.71. The summed E-state index contributed by atoms with van der Waals surface area (Å²) in [5, 5.41) is 3.28. The smallest absolute Gasteiger partial charge is 0.319 e. The summed E-state index contributed by atoms with van der Waals surface area (Å²) in [6, 6.07) is 10.4. The fourth-order valence-corrected chi connectivity index (χ4v) is 1.91. The first-order valence-electron chi connectivity index (χ1n) is 6.57. The Balaban J connectivity index is 2.59. The van der Waals surface area contributed by atoms with Crippen LogP contribution in [0.2, 0.25) is 0 Å². The molecule has 0 aliphatic carbocycles. The number of hydrogen-bond acceptors (Lipinski definition) is 3. The predicted octanol–water partition coefficient (Wildman–Crippen LogP) is 2.93. The summed E-state index contributed by atoms with van der Waals surface area (Å²) >= 11 is 0. The van der Waals surface area contributed by atoms with Gasteiger partial charge in [-0.2, -0.15) is 0 Å². The molecule has 0 radical (unpaired) electrons. The minimum Gasteiger partial charge on any atom is -0.465 e. The Bertz CT molecular complexity index is 349. The summed E-state index contributed by atoms with van der Waals surface area (Å²) in [5.74, 6) is 0.382. The van der Waals surface area contributed by atoms with Gasteiger partial charge in [0, 0.05) is 6.04 Å². The van der Waals surface area contributed by atoms with E-state index < -0.39 is 0 Å². The van der Waals surface area contributed by atoms with Crippen LogP contribution in [0.25, 0.3) is 0 Å². The first-order chi connectivity index (χ1) is 8.63. The second kappa shape index (κ2) is 7.88. The van der Waals surface area contributed by atoms with Crippen molar-refractivity contribution in [2.75, 3.05) is 13.2 Å². The largest absolute Gasteiger partial charge is 0.465 e. The minimum absolute atomic E-state index is 0.192. The summed E-state index contributed by atoms with van der Waals surface area (Å²) in [7, 11) is 0.